The Kier molecular flexibility index (Phi) is 3.58. The first-order chi connectivity index (χ1) is 11.1. The van der Waals surface area contributed by atoms with Crippen LogP contribution in [0.4, 0.5) is 4.39 Å². The molecule has 0 aliphatic heterocycles. The van der Waals surface area contributed by atoms with Crippen molar-refractivity contribution in [2.24, 2.45) is 24.8 Å². The Balaban J connectivity index is 1.33. The lowest BCUT2D eigenvalue weighted by atomic mass is 9.81. The first kappa shape index (κ1) is 14.7. The fraction of sp³-hybridized carbons (Fsp3) is 0.556. The van der Waals surface area contributed by atoms with E-state index < -0.39 is 0 Å². The number of carbonyl (C=O) groups excluding carboxylic acids is 1. The molecule has 2 fully saturated rings. The molecule has 0 unspecified atom stereocenters. The van der Waals surface area contributed by atoms with E-state index in [0.717, 1.165) is 29.2 Å². The molecule has 0 spiro atoms. The maximum absolute atomic E-state index is 13.3. The molecule has 2 atom stereocenters. The Morgan fingerprint density at radius 1 is 1.43 bits per heavy atom. The van der Waals surface area contributed by atoms with E-state index in [1.54, 1.807) is 6.07 Å². The van der Waals surface area contributed by atoms with Crippen LogP contribution in [-0.4, -0.2) is 22.0 Å². The molecule has 2 aliphatic carbocycles. The van der Waals surface area contributed by atoms with E-state index in [1.165, 1.54) is 31.4 Å². The van der Waals surface area contributed by atoms with Crippen molar-refractivity contribution >= 4 is 16.9 Å². The second-order valence-electron chi connectivity index (χ2n) is 6.96. The number of amides is 1. The molecule has 0 bridgehead atoms. The van der Waals surface area contributed by atoms with Crippen LogP contribution in [-0.2, 0) is 18.3 Å². The normalized spacial score (nSPS) is 23.7. The molecule has 0 saturated heterocycles. The molecule has 0 radical (unpaired) electrons. The van der Waals surface area contributed by atoms with Crippen LogP contribution in [0.2, 0.25) is 0 Å². The van der Waals surface area contributed by atoms with Gasteiger partial charge in [-0.2, -0.15) is 0 Å². The zero-order chi connectivity index (χ0) is 16.0. The second kappa shape index (κ2) is 5.62. The molecule has 2 aliphatic rings. The summed E-state index contributed by atoms with van der Waals surface area (Å²) in [4.78, 5) is 16.7. The summed E-state index contributed by atoms with van der Waals surface area (Å²) in [6.45, 7) is 0.590. The first-order valence-corrected chi connectivity index (χ1v) is 8.52. The van der Waals surface area contributed by atoms with E-state index >= 15 is 0 Å². The number of nitrogens with one attached hydrogen (secondary N) is 1. The third kappa shape index (κ3) is 2.73. The van der Waals surface area contributed by atoms with Crippen LogP contribution in [0.25, 0.3) is 11.0 Å². The van der Waals surface area contributed by atoms with Gasteiger partial charge in [-0.25, -0.2) is 9.37 Å². The summed E-state index contributed by atoms with van der Waals surface area (Å²) >= 11 is 0. The number of benzene rings is 1. The Hall–Kier alpha value is -1.91. The maximum Gasteiger partial charge on any atom is 0.223 e. The highest BCUT2D eigenvalue weighted by Gasteiger charge is 2.48. The topological polar surface area (TPSA) is 46.9 Å². The van der Waals surface area contributed by atoms with Crippen LogP contribution in [0, 0.1) is 23.6 Å². The van der Waals surface area contributed by atoms with Gasteiger partial charge < -0.3 is 9.88 Å². The molecule has 4 rings (SSSR count). The Morgan fingerprint density at radius 2 is 2.26 bits per heavy atom. The molecule has 1 amide bonds. The van der Waals surface area contributed by atoms with E-state index in [4.69, 9.17) is 0 Å². The molecule has 2 saturated carbocycles. The van der Waals surface area contributed by atoms with Crippen molar-refractivity contribution < 1.29 is 9.18 Å². The van der Waals surface area contributed by atoms with E-state index in [2.05, 4.69) is 10.3 Å². The van der Waals surface area contributed by atoms with Gasteiger partial charge in [0.25, 0.3) is 0 Å². The minimum atomic E-state index is -0.254. The van der Waals surface area contributed by atoms with E-state index in [0.29, 0.717) is 18.9 Å². The zero-order valence-electron chi connectivity index (χ0n) is 13.4. The number of imidazole rings is 1. The summed E-state index contributed by atoms with van der Waals surface area (Å²) in [6.07, 6.45) is 5.69. The summed E-state index contributed by atoms with van der Waals surface area (Å²) in [5.41, 5.74) is 1.58. The maximum atomic E-state index is 13.3. The van der Waals surface area contributed by atoms with E-state index in [9.17, 15) is 9.18 Å². The molecular weight excluding hydrogens is 293 g/mol. The van der Waals surface area contributed by atoms with Gasteiger partial charge in [-0.05, 0) is 36.5 Å². The summed E-state index contributed by atoms with van der Waals surface area (Å²) in [5.74, 6) is 2.51. The van der Waals surface area contributed by atoms with Crippen molar-refractivity contribution in [2.75, 3.05) is 6.54 Å². The lowest BCUT2D eigenvalue weighted by Crippen LogP contribution is -2.29. The van der Waals surface area contributed by atoms with Gasteiger partial charge in [0.05, 0.1) is 11.0 Å². The first-order valence-electron chi connectivity index (χ1n) is 8.52. The molecule has 1 aromatic heterocycles. The van der Waals surface area contributed by atoms with Gasteiger partial charge in [0, 0.05) is 25.9 Å². The highest BCUT2D eigenvalue weighted by Crippen LogP contribution is 2.51. The van der Waals surface area contributed by atoms with Crippen molar-refractivity contribution in [3.8, 4) is 0 Å². The molecule has 23 heavy (non-hydrogen) atoms. The third-order valence-corrected chi connectivity index (χ3v) is 5.52. The number of nitrogens with zero attached hydrogens (tertiary/aromatic N) is 2. The molecule has 122 valence electrons. The second-order valence-corrected chi connectivity index (χ2v) is 6.96. The van der Waals surface area contributed by atoms with Crippen molar-refractivity contribution in [1.29, 1.82) is 0 Å². The molecule has 5 heteroatoms. The molecule has 1 N–H and O–H groups in total. The molecule has 1 aromatic carbocycles. The van der Waals surface area contributed by atoms with Crippen LogP contribution >= 0.6 is 0 Å². The van der Waals surface area contributed by atoms with Crippen LogP contribution in [0.5, 0.6) is 0 Å². The smallest absolute Gasteiger partial charge is 0.223 e. The fourth-order valence-electron chi connectivity index (χ4n) is 3.77. The number of aromatic nitrogens is 2. The van der Waals surface area contributed by atoms with Gasteiger partial charge in [-0.3, -0.25) is 4.79 Å². The molecule has 2 aromatic rings. The van der Waals surface area contributed by atoms with Gasteiger partial charge in [0.15, 0.2) is 0 Å². The summed E-state index contributed by atoms with van der Waals surface area (Å²) in [6, 6.07) is 4.62. The lowest BCUT2D eigenvalue weighted by Gasteiger charge is -2.25. The van der Waals surface area contributed by atoms with E-state index in [1.807, 2.05) is 11.6 Å². The lowest BCUT2D eigenvalue weighted by molar-refractivity contribution is -0.122. The van der Waals surface area contributed by atoms with Gasteiger partial charge in [-0.1, -0.05) is 19.3 Å². The van der Waals surface area contributed by atoms with Crippen molar-refractivity contribution in [2.45, 2.75) is 32.1 Å². The van der Waals surface area contributed by atoms with Crippen molar-refractivity contribution in [1.82, 2.24) is 14.9 Å². The monoisotopic (exact) mass is 315 g/mol. The average molecular weight is 315 g/mol. The minimum Gasteiger partial charge on any atom is -0.355 e. The number of hydrogen-bond donors (Lipinski definition) is 1. The Bertz CT molecular complexity index is 750. The van der Waals surface area contributed by atoms with Gasteiger partial charge >= 0.3 is 0 Å². The molecule has 4 nitrogen and oxygen atoms in total. The Labute approximate surface area is 135 Å². The molecule has 1 heterocycles. The number of hydrogen-bond acceptors (Lipinski definition) is 2. The number of aryl methyl sites for hydroxylation is 1. The van der Waals surface area contributed by atoms with Crippen LogP contribution < -0.4 is 5.32 Å². The van der Waals surface area contributed by atoms with Crippen LogP contribution in [0.1, 0.15) is 31.5 Å². The standard InChI is InChI=1S/C18H22FN3O/c1-22-16-9-12(19)5-6-15(16)21-17(22)7-8-20-18(23)14-10-13(14)11-3-2-4-11/h5-6,9,11,13-14H,2-4,7-8,10H2,1H3,(H,20,23)/t13-,14-/m0/s1. The largest absolute Gasteiger partial charge is 0.355 e. The summed E-state index contributed by atoms with van der Waals surface area (Å²) in [7, 11) is 1.89. The van der Waals surface area contributed by atoms with Gasteiger partial charge in [0.2, 0.25) is 5.91 Å². The number of halogens is 1. The number of rotatable bonds is 5. The predicted octanol–water partition coefficient (Wildman–Crippen LogP) is 2.81. The zero-order valence-corrected chi connectivity index (χ0v) is 13.4. The van der Waals surface area contributed by atoms with Crippen LogP contribution in [0.3, 0.4) is 0 Å². The Morgan fingerprint density at radius 3 is 3.00 bits per heavy atom. The summed E-state index contributed by atoms with van der Waals surface area (Å²) in [5, 5.41) is 3.04. The van der Waals surface area contributed by atoms with Gasteiger partial charge in [0.1, 0.15) is 11.6 Å². The minimum absolute atomic E-state index is 0.201. The quantitative estimate of drug-likeness (QED) is 0.922. The van der Waals surface area contributed by atoms with Crippen molar-refractivity contribution in [3.63, 3.8) is 0 Å². The van der Waals surface area contributed by atoms with Gasteiger partial charge in [-0.15, -0.1) is 0 Å². The van der Waals surface area contributed by atoms with E-state index in [-0.39, 0.29) is 17.6 Å². The van der Waals surface area contributed by atoms with Crippen LogP contribution in [0.15, 0.2) is 18.2 Å². The average Bonchev–Trinajstić information content (AvgIpc) is 3.18. The third-order valence-electron chi connectivity index (χ3n) is 5.52. The fourth-order valence-corrected chi connectivity index (χ4v) is 3.77. The highest BCUT2D eigenvalue weighted by atomic mass is 19.1. The number of carbonyl (C=O) groups is 1. The summed E-state index contributed by atoms with van der Waals surface area (Å²) < 4.78 is 15.2. The predicted molar refractivity (Wildman–Crippen MR) is 86.3 cm³/mol. The highest BCUT2D eigenvalue weighted by molar-refractivity contribution is 5.81. The molecular formula is C18H22FN3O. The van der Waals surface area contributed by atoms with Crippen molar-refractivity contribution in [3.05, 3.63) is 29.8 Å². The number of fused-ring (bicyclic) bond motifs is 1. The SMILES string of the molecule is Cn1c(CCNC(=O)[C@H]2C[C@H]2C2CCC2)nc2ccc(F)cc21.